The number of alkyl carbamates (subject to hydrolysis) is 1. The van der Waals surface area contributed by atoms with E-state index >= 15 is 0 Å². The smallest absolute Gasteiger partial charge is 0.408 e. The summed E-state index contributed by atoms with van der Waals surface area (Å²) in [5.74, 6) is 1.76. The highest BCUT2D eigenvalue weighted by molar-refractivity contribution is 5.88. The van der Waals surface area contributed by atoms with Gasteiger partial charge in [0, 0.05) is 0 Å². The number of fused-ring (bicyclic) bond motifs is 2. The Morgan fingerprint density at radius 3 is 2.50 bits per heavy atom. The van der Waals surface area contributed by atoms with E-state index in [1.165, 1.54) is 0 Å². The molecule has 1 amide bonds. The minimum Gasteiger partial charge on any atom is -0.456 e. The number of hydrogen-bond acceptors (Lipinski definition) is 5. The second kappa shape index (κ2) is 7.79. The maximum atomic E-state index is 12.9. The molecule has 0 bridgehead atoms. The Balaban J connectivity index is 1.86. The number of rotatable bonds is 3. The Morgan fingerprint density at radius 2 is 1.75 bits per heavy atom. The van der Waals surface area contributed by atoms with Crippen molar-refractivity contribution in [1.82, 2.24) is 5.32 Å². The van der Waals surface area contributed by atoms with E-state index in [1.807, 2.05) is 77.1 Å². The van der Waals surface area contributed by atoms with Crippen LogP contribution in [-0.2, 0) is 10.3 Å². The van der Waals surface area contributed by atoms with Gasteiger partial charge in [-0.15, -0.1) is 0 Å². The van der Waals surface area contributed by atoms with Gasteiger partial charge in [0.05, 0.1) is 11.2 Å². The van der Waals surface area contributed by atoms with E-state index in [-0.39, 0.29) is 0 Å². The molecule has 3 aromatic carbocycles. The van der Waals surface area contributed by atoms with E-state index in [1.54, 1.807) is 0 Å². The SMILES string of the molecule is CC1=C(N)Nc2cc(C(C)(NC(=O)OC(C)(C)C)c3cccc4ccccc34)ccc2O1. The lowest BCUT2D eigenvalue weighted by molar-refractivity contribution is 0.0480. The number of nitrogens with one attached hydrogen (secondary N) is 2. The van der Waals surface area contributed by atoms with Gasteiger partial charge in [0.25, 0.3) is 0 Å². The molecule has 6 nitrogen and oxygen atoms in total. The Bertz CT molecular complexity index is 1220. The highest BCUT2D eigenvalue weighted by Gasteiger charge is 2.35. The number of nitrogens with two attached hydrogens (primary N) is 1. The predicted octanol–water partition coefficient (Wildman–Crippen LogP) is 5.58. The lowest BCUT2D eigenvalue weighted by atomic mass is 9.81. The van der Waals surface area contributed by atoms with Gasteiger partial charge in [-0.25, -0.2) is 4.79 Å². The van der Waals surface area contributed by atoms with Crippen LogP contribution in [0.1, 0.15) is 45.7 Å². The summed E-state index contributed by atoms with van der Waals surface area (Å²) in [6, 6.07) is 20.0. The summed E-state index contributed by atoms with van der Waals surface area (Å²) in [7, 11) is 0. The van der Waals surface area contributed by atoms with Gasteiger partial charge in [0.1, 0.15) is 17.2 Å². The quantitative estimate of drug-likeness (QED) is 0.504. The number of ether oxygens (including phenoxy) is 2. The summed E-state index contributed by atoms with van der Waals surface area (Å²) in [5.41, 5.74) is 7.10. The van der Waals surface area contributed by atoms with E-state index in [2.05, 4.69) is 28.8 Å². The van der Waals surface area contributed by atoms with Crippen molar-refractivity contribution in [2.75, 3.05) is 5.32 Å². The molecule has 4 rings (SSSR count). The third kappa shape index (κ3) is 4.08. The molecular formula is C26H29N3O3. The van der Waals surface area contributed by atoms with Gasteiger partial charge < -0.3 is 25.8 Å². The van der Waals surface area contributed by atoms with Gasteiger partial charge in [0.15, 0.2) is 5.75 Å². The van der Waals surface area contributed by atoms with Gasteiger partial charge in [-0.2, -0.15) is 0 Å². The highest BCUT2D eigenvalue weighted by atomic mass is 16.6. The van der Waals surface area contributed by atoms with Crippen molar-refractivity contribution in [3.63, 3.8) is 0 Å². The van der Waals surface area contributed by atoms with Crippen LogP contribution in [0, 0.1) is 0 Å². The third-order valence-corrected chi connectivity index (χ3v) is 5.55. The van der Waals surface area contributed by atoms with Crippen LogP contribution in [0.4, 0.5) is 10.5 Å². The molecule has 166 valence electrons. The largest absolute Gasteiger partial charge is 0.456 e. The van der Waals surface area contributed by atoms with Crippen LogP contribution in [0.3, 0.4) is 0 Å². The molecule has 3 aromatic rings. The minimum absolute atomic E-state index is 0.460. The first-order chi connectivity index (χ1) is 15.1. The predicted molar refractivity (Wildman–Crippen MR) is 127 cm³/mol. The number of carbonyl (C=O) groups is 1. The lowest BCUT2D eigenvalue weighted by Crippen LogP contribution is -2.46. The average Bonchev–Trinajstić information content (AvgIpc) is 2.72. The van der Waals surface area contributed by atoms with Crippen molar-refractivity contribution in [2.24, 2.45) is 5.73 Å². The first-order valence-corrected chi connectivity index (χ1v) is 10.6. The van der Waals surface area contributed by atoms with Crippen molar-refractivity contribution in [3.05, 3.63) is 83.4 Å². The summed E-state index contributed by atoms with van der Waals surface area (Å²) in [6.45, 7) is 9.33. The molecule has 0 spiro atoms. The van der Waals surface area contributed by atoms with E-state index in [0.717, 1.165) is 27.6 Å². The van der Waals surface area contributed by atoms with Crippen molar-refractivity contribution >= 4 is 22.6 Å². The van der Waals surface area contributed by atoms with Crippen LogP contribution in [0.25, 0.3) is 10.8 Å². The molecule has 1 aliphatic rings. The zero-order valence-electron chi connectivity index (χ0n) is 19.1. The van der Waals surface area contributed by atoms with Gasteiger partial charge in [-0.3, -0.25) is 0 Å². The maximum absolute atomic E-state index is 12.9. The molecule has 1 heterocycles. The summed E-state index contributed by atoms with van der Waals surface area (Å²) in [4.78, 5) is 12.9. The Morgan fingerprint density at radius 1 is 1.03 bits per heavy atom. The van der Waals surface area contributed by atoms with Crippen molar-refractivity contribution < 1.29 is 14.3 Å². The molecular weight excluding hydrogens is 402 g/mol. The second-order valence-corrected chi connectivity index (χ2v) is 9.19. The Kier molecular flexibility index (Phi) is 5.25. The van der Waals surface area contributed by atoms with Crippen LogP contribution in [0.15, 0.2) is 72.2 Å². The second-order valence-electron chi connectivity index (χ2n) is 9.19. The molecule has 4 N–H and O–H groups in total. The van der Waals surface area contributed by atoms with Crippen LogP contribution in [0.5, 0.6) is 5.75 Å². The fourth-order valence-corrected chi connectivity index (χ4v) is 3.94. The number of amides is 1. The number of hydrogen-bond donors (Lipinski definition) is 3. The van der Waals surface area contributed by atoms with E-state index in [4.69, 9.17) is 15.2 Å². The summed E-state index contributed by atoms with van der Waals surface area (Å²) in [5, 5.41) is 8.45. The summed E-state index contributed by atoms with van der Waals surface area (Å²) in [6.07, 6.45) is -0.495. The summed E-state index contributed by atoms with van der Waals surface area (Å²) < 4.78 is 11.4. The van der Waals surface area contributed by atoms with Crippen molar-refractivity contribution in [3.8, 4) is 5.75 Å². The zero-order chi connectivity index (χ0) is 23.1. The number of carbonyl (C=O) groups excluding carboxylic acids is 1. The normalized spacial score (nSPS) is 15.3. The fourth-order valence-electron chi connectivity index (χ4n) is 3.94. The molecule has 0 fully saturated rings. The molecule has 0 saturated heterocycles. The molecule has 32 heavy (non-hydrogen) atoms. The fraction of sp³-hybridized carbons (Fsp3) is 0.269. The van der Waals surface area contributed by atoms with Crippen molar-refractivity contribution in [1.29, 1.82) is 0 Å². The van der Waals surface area contributed by atoms with Crippen LogP contribution in [0.2, 0.25) is 0 Å². The van der Waals surface area contributed by atoms with Gasteiger partial charge in [0.2, 0.25) is 0 Å². The van der Waals surface area contributed by atoms with Crippen LogP contribution >= 0.6 is 0 Å². The number of benzene rings is 3. The molecule has 1 unspecified atom stereocenters. The van der Waals surface area contributed by atoms with Crippen molar-refractivity contribution in [2.45, 2.75) is 45.8 Å². The third-order valence-electron chi connectivity index (χ3n) is 5.55. The van der Waals surface area contributed by atoms with Gasteiger partial charge in [-0.1, -0.05) is 48.5 Å². The maximum Gasteiger partial charge on any atom is 0.408 e. The molecule has 0 aromatic heterocycles. The minimum atomic E-state index is -0.884. The molecule has 1 aliphatic heterocycles. The van der Waals surface area contributed by atoms with E-state index in [9.17, 15) is 4.79 Å². The van der Waals surface area contributed by atoms with Crippen LogP contribution < -0.4 is 21.1 Å². The highest BCUT2D eigenvalue weighted by Crippen LogP contribution is 2.39. The molecule has 0 radical (unpaired) electrons. The topological polar surface area (TPSA) is 85.6 Å². The van der Waals surface area contributed by atoms with E-state index in [0.29, 0.717) is 17.3 Å². The number of allylic oxidation sites excluding steroid dienone is 1. The monoisotopic (exact) mass is 431 g/mol. The Labute approximate surface area is 188 Å². The molecule has 0 aliphatic carbocycles. The standard InChI is InChI=1S/C26H29N3O3/c1-16-23(27)28-21-15-18(13-14-22(21)31-16)26(5,29-24(30)32-25(2,3)4)20-12-8-10-17-9-6-7-11-19(17)20/h6-15,28H,27H2,1-5H3,(H,29,30). The molecule has 1 atom stereocenters. The Hall–Kier alpha value is -3.67. The number of anilines is 1. The van der Waals surface area contributed by atoms with Gasteiger partial charge in [-0.05, 0) is 68.7 Å². The summed E-state index contributed by atoms with van der Waals surface area (Å²) >= 11 is 0. The average molecular weight is 432 g/mol. The van der Waals surface area contributed by atoms with E-state index < -0.39 is 17.2 Å². The molecule has 0 saturated carbocycles. The van der Waals surface area contributed by atoms with Gasteiger partial charge >= 0.3 is 6.09 Å². The first kappa shape index (κ1) is 21.6. The lowest BCUT2D eigenvalue weighted by Gasteiger charge is -2.35. The molecule has 6 heteroatoms. The zero-order valence-corrected chi connectivity index (χ0v) is 19.1. The van der Waals surface area contributed by atoms with Crippen LogP contribution in [-0.4, -0.2) is 11.7 Å². The first-order valence-electron chi connectivity index (χ1n) is 10.6.